The van der Waals surface area contributed by atoms with Gasteiger partial charge >= 0.3 is 0 Å². The normalized spacial score (nSPS) is 10.1. The number of para-hydroxylation sites is 1. The Morgan fingerprint density at radius 1 is 1.06 bits per heavy atom. The van der Waals surface area contributed by atoms with E-state index in [9.17, 15) is 5.11 Å². The lowest BCUT2D eigenvalue weighted by Gasteiger charge is -2.06. The molecule has 0 amide bonds. The summed E-state index contributed by atoms with van der Waals surface area (Å²) < 4.78 is 0. The molecule has 0 saturated heterocycles. The molecule has 0 aliphatic carbocycles. The first-order valence-electron chi connectivity index (χ1n) is 5.65. The van der Waals surface area contributed by atoms with Gasteiger partial charge in [0.05, 0.1) is 0 Å². The first-order valence-corrected chi connectivity index (χ1v) is 5.65. The van der Waals surface area contributed by atoms with Crippen molar-refractivity contribution < 1.29 is 5.11 Å². The number of hydrogen-bond acceptors (Lipinski definition) is 2. The molecular formula is C16H13NO. The van der Waals surface area contributed by atoms with Crippen molar-refractivity contribution in [3.63, 3.8) is 0 Å². The van der Waals surface area contributed by atoms with E-state index in [-0.39, 0.29) is 5.75 Å². The van der Waals surface area contributed by atoms with Gasteiger partial charge in [-0.1, -0.05) is 48.4 Å². The SMILES string of the molecule is CC#CN=Cc1cccc(-c2ccccc2)c1O. The van der Waals surface area contributed by atoms with Crippen LogP contribution in [0.2, 0.25) is 0 Å². The maximum Gasteiger partial charge on any atom is 0.132 e. The van der Waals surface area contributed by atoms with Crippen LogP contribution in [0.25, 0.3) is 11.1 Å². The molecule has 2 rings (SSSR count). The Balaban J connectivity index is 2.44. The summed E-state index contributed by atoms with van der Waals surface area (Å²) >= 11 is 0. The Labute approximate surface area is 107 Å². The molecular weight excluding hydrogens is 222 g/mol. The summed E-state index contributed by atoms with van der Waals surface area (Å²) in [5.41, 5.74) is 2.44. The fraction of sp³-hybridized carbons (Fsp3) is 0.0625. The summed E-state index contributed by atoms with van der Waals surface area (Å²) in [6.07, 6.45) is 1.57. The third kappa shape index (κ3) is 2.58. The second-order valence-corrected chi connectivity index (χ2v) is 3.73. The quantitative estimate of drug-likeness (QED) is 0.627. The molecule has 0 radical (unpaired) electrons. The van der Waals surface area contributed by atoms with Gasteiger partial charge in [-0.2, -0.15) is 0 Å². The number of nitrogens with zero attached hydrogens (tertiary/aromatic N) is 1. The van der Waals surface area contributed by atoms with Crippen LogP contribution in [0.5, 0.6) is 5.75 Å². The first kappa shape index (κ1) is 11.9. The zero-order valence-corrected chi connectivity index (χ0v) is 10.1. The van der Waals surface area contributed by atoms with Crippen molar-refractivity contribution in [1.82, 2.24) is 0 Å². The summed E-state index contributed by atoms with van der Waals surface area (Å²) in [5, 5.41) is 10.2. The number of phenols is 1. The van der Waals surface area contributed by atoms with E-state index in [1.54, 1.807) is 13.1 Å². The van der Waals surface area contributed by atoms with Crippen molar-refractivity contribution in [3.8, 4) is 28.8 Å². The van der Waals surface area contributed by atoms with Crippen molar-refractivity contribution in [2.45, 2.75) is 6.92 Å². The van der Waals surface area contributed by atoms with Crippen molar-refractivity contribution in [2.24, 2.45) is 4.99 Å². The van der Waals surface area contributed by atoms with E-state index >= 15 is 0 Å². The van der Waals surface area contributed by atoms with Crippen molar-refractivity contribution in [3.05, 3.63) is 54.1 Å². The fourth-order valence-electron chi connectivity index (χ4n) is 1.68. The molecule has 0 aliphatic rings. The molecule has 0 unspecified atom stereocenters. The van der Waals surface area contributed by atoms with Gasteiger partial charge in [0.1, 0.15) is 5.75 Å². The van der Waals surface area contributed by atoms with Crippen LogP contribution in [-0.2, 0) is 0 Å². The molecule has 0 spiro atoms. The lowest BCUT2D eigenvalue weighted by Crippen LogP contribution is -1.86. The van der Waals surface area contributed by atoms with Gasteiger partial charge in [0.25, 0.3) is 0 Å². The molecule has 2 aromatic carbocycles. The van der Waals surface area contributed by atoms with Crippen LogP contribution < -0.4 is 0 Å². The monoisotopic (exact) mass is 235 g/mol. The molecule has 0 fully saturated rings. The van der Waals surface area contributed by atoms with E-state index in [2.05, 4.69) is 17.0 Å². The van der Waals surface area contributed by atoms with Crippen LogP contribution in [0.15, 0.2) is 53.5 Å². The highest BCUT2D eigenvalue weighted by molar-refractivity contribution is 5.88. The number of aliphatic imine (C=N–C) groups is 1. The first-order chi connectivity index (χ1) is 8.83. The average Bonchev–Trinajstić information content (AvgIpc) is 2.42. The fourth-order valence-corrected chi connectivity index (χ4v) is 1.68. The Morgan fingerprint density at radius 2 is 1.83 bits per heavy atom. The van der Waals surface area contributed by atoms with Gasteiger partial charge in [-0.15, -0.1) is 0 Å². The molecule has 0 aliphatic heterocycles. The van der Waals surface area contributed by atoms with E-state index in [0.717, 1.165) is 11.1 Å². The lowest BCUT2D eigenvalue weighted by molar-refractivity contribution is 0.476. The van der Waals surface area contributed by atoms with Crippen LogP contribution >= 0.6 is 0 Å². The van der Waals surface area contributed by atoms with Gasteiger partial charge in [-0.3, -0.25) is 0 Å². The van der Waals surface area contributed by atoms with E-state index in [0.29, 0.717) is 5.56 Å². The van der Waals surface area contributed by atoms with E-state index < -0.39 is 0 Å². The average molecular weight is 235 g/mol. The number of hydrogen-bond donors (Lipinski definition) is 1. The summed E-state index contributed by atoms with van der Waals surface area (Å²) in [4.78, 5) is 3.91. The molecule has 1 N–H and O–H groups in total. The number of rotatable bonds is 2. The van der Waals surface area contributed by atoms with Crippen LogP contribution in [0.3, 0.4) is 0 Å². The molecule has 0 atom stereocenters. The topological polar surface area (TPSA) is 32.6 Å². The van der Waals surface area contributed by atoms with Gasteiger partial charge < -0.3 is 5.11 Å². The van der Waals surface area contributed by atoms with Crippen LogP contribution in [0, 0.1) is 12.0 Å². The predicted octanol–water partition coefficient (Wildman–Crippen LogP) is 3.46. The molecule has 0 bridgehead atoms. The molecule has 0 aromatic heterocycles. The van der Waals surface area contributed by atoms with Gasteiger partial charge in [-0.25, -0.2) is 4.99 Å². The molecule has 0 heterocycles. The molecule has 0 saturated carbocycles. The third-order valence-electron chi connectivity index (χ3n) is 2.53. The standard InChI is InChI=1S/C16H13NO/c1-2-11-17-12-14-9-6-10-15(16(14)18)13-7-4-3-5-8-13/h3-10,12,18H,1H3. The number of phenolic OH excluding ortho intramolecular Hbond substituents is 1. The van der Waals surface area contributed by atoms with E-state index in [1.165, 1.54) is 0 Å². The Kier molecular flexibility index (Phi) is 3.78. The molecule has 18 heavy (non-hydrogen) atoms. The van der Waals surface area contributed by atoms with Gasteiger partial charge in [0.2, 0.25) is 0 Å². The highest BCUT2D eigenvalue weighted by atomic mass is 16.3. The second kappa shape index (κ2) is 5.70. The van der Waals surface area contributed by atoms with Gasteiger partial charge in [-0.05, 0) is 18.6 Å². The summed E-state index contributed by atoms with van der Waals surface area (Å²) in [6, 6.07) is 17.9. The van der Waals surface area contributed by atoms with Gasteiger partial charge in [0.15, 0.2) is 0 Å². The zero-order chi connectivity index (χ0) is 12.8. The molecule has 2 aromatic rings. The maximum atomic E-state index is 10.2. The van der Waals surface area contributed by atoms with Crippen LogP contribution in [0.4, 0.5) is 0 Å². The molecule has 88 valence electrons. The number of aromatic hydroxyl groups is 1. The summed E-state index contributed by atoms with van der Waals surface area (Å²) in [5.74, 6) is 2.90. The molecule has 2 nitrogen and oxygen atoms in total. The molecule has 2 heteroatoms. The maximum absolute atomic E-state index is 10.2. The van der Waals surface area contributed by atoms with E-state index in [4.69, 9.17) is 0 Å². The smallest absolute Gasteiger partial charge is 0.132 e. The Bertz CT molecular complexity index is 619. The summed E-state index contributed by atoms with van der Waals surface area (Å²) in [6.45, 7) is 1.72. The minimum atomic E-state index is 0.227. The predicted molar refractivity (Wildman–Crippen MR) is 74.6 cm³/mol. The van der Waals surface area contributed by atoms with E-state index in [1.807, 2.05) is 48.5 Å². The second-order valence-electron chi connectivity index (χ2n) is 3.73. The van der Waals surface area contributed by atoms with Crippen LogP contribution in [-0.4, -0.2) is 11.3 Å². The largest absolute Gasteiger partial charge is 0.507 e. The lowest BCUT2D eigenvalue weighted by atomic mass is 10.0. The van der Waals surface area contributed by atoms with Crippen molar-refractivity contribution in [2.75, 3.05) is 0 Å². The minimum absolute atomic E-state index is 0.227. The number of benzene rings is 2. The van der Waals surface area contributed by atoms with Crippen molar-refractivity contribution >= 4 is 6.21 Å². The Morgan fingerprint density at radius 3 is 2.56 bits per heavy atom. The Hall–Kier alpha value is -2.53. The van der Waals surface area contributed by atoms with Crippen LogP contribution in [0.1, 0.15) is 12.5 Å². The highest BCUT2D eigenvalue weighted by Gasteiger charge is 2.06. The minimum Gasteiger partial charge on any atom is -0.507 e. The van der Waals surface area contributed by atoms with Crippen molar-refractivity contribution in [1.29, 1.82) is 0 Å². The zero-order valence-electron chi connectivity index (χ0n) is 10.1. The summed E-state index contributed by atoms with van der Waals surface area (Å²) in [7, 11) is 0. The highest BCUT2D eigenvalue weighted by Crippen LogP contribution is 2.30. The third-order valence-corrected chi connectivity index (χ3v) is 2.53. The van der Waals surface area contributed by atoms with Gasteiger partial charge in [0, 0.05) is 23.4 Å².